The van der Waals surface area contributed by atoms with Gasteiger partial charge in [0, 0.05) is 23.5 Å². The van der Waals surface area contributed by atoms with Crippen LogP contribution in [-0.4, -0.2) is 18.2 Å². The molecule has 0 fully saturated rings. The highest BCUT2D eigenvalue weighted by atomic mass is 35.5. The van der Waals surface area contributed by atoms with Crippen LogP contribution in [0.2, 0.25) is 5.15 Å². The van der Waals surface area contributed by atoms with Gasteiger partial charge in [0.2, 0.25) is 0 Å². The summed E-state index contributed by atoms with van der Waals surface area (Å²) in [5.41, 5.74) is 7.11. The first-order valence-corrected chi connectivity index (χ1v) is 7.10. The summed E-state index contributed by atoms with van der Waals surface area (Å²) < 4.78 is 11.1. The third kappa shape index (κ3) is 4.16. The first-order chi connectivity index (χ1) is 10.1. The van der Waals surface area contributed by atoms with Crippen molar-refractivity contribution in [3.8, 4) is 11.5 Å². The van der Waals surface area contributed by atoms with E-state index in [0.717, 1.165) is 5.69 Å². The number of hydrogen-bond acceptors (Lipinski definition) is 5. The first-order valence-electron chi connectivity index (χ1n) is 6.72. The molecule has 0 aliphatic heterocycles. The fourth-order valence-electron chi connectivity index (χ4n) is 1.86. The molecular formula is C15H18ClN3O2. The summed E-state index contributed by atoms with van der Waals surface area (Å²) in [6.07, 6.45) is 0. The molecule has 1 aromatic heterocycles. The Labute approximate surface area is 129 Å². The van der Waals surface area contributed by atoms with Gasteiger partial charge < -0.3 is 20.5 Å². The normalized spacial score (nSPS) is 10.2. The Balaban J connectivity index is 2.25. The highest BCUT2D eigenvalue weighted by molar-refractivity contribution is 6.29. The van der Waals surface area contributed by atoms with Gasteiger partial charge in [-0.15, -0.1) is 0 Å². The van der Waals surface area contributed by atoms with E-state index in [-0.39, 0.29) is 0 Å². The van der Waals surface area contributed by atoms with Crippen molar-refractivity contribution in [3.63, 3.8) is 0 Å². The van der Waals surface area contributed by atoms with Crippen LogP contribution in [-0.2, 0) is 0 Å². The number of nitrogens with zero attached hydrogens (tertiary/aromatic N) is 1. The molecule has 2 aromatic rings. The molecular weight excluding hydrogens is 290 g/mol. The van der Waals surface area contributed by atoms with Gasteiger partial charge in [0.1, 0.15) is 11.0 Å². The van der Waals surface area contributed by atoms with E-state index in [9.17, 15) is 0 Å². The Morgan fingerprint density at radius 3 is 2.48 bits per heavy atom. The topological polar surface area (TPSA) is 69.4 Å². The SMILES string of the molecule is CCOc1ccc(Nc2cc(N)cc(Cl)n2)cc1OCC. The van der Waals surface area contributed by atoms with Crippen molar-refractivity contribution in [2.45, 2.75) is 13.8 Å². The van der Waals surface area contributed by atoms with Gasteiger partial charge in [-0.1, -0.05) is 11.6 Å². The molecule has 0 saturated heterocycles. The largest absolute Gasteiger partial charge is 0.490 e. The fourth-order valence-corrected chi connectivity index (χ4v) is 2.07. The number of benzene rings is 1. The van der Waals surface area contributed by atoms with E-state index in [1.54, 1.807) is 12.1 Å². The minimum atomic E-state index is 0.341. The predicted octanol–water partition coefficient (Wildman–Crippen LogP) is 3.86. The number of ether oxygens (including phenoxy) is 2. The lowest BCUT2D eigenvalue weighted by Crippen LogP contribution is -2.00. The van der Waals surface area contributed by atoms with Crippen LogP contribution in [0.25, 0.3) is 0 Å². The molecule has 0 aliphatic rings. The van der Waals surface area contributed by atoms with E-state index in [4.69, 9.17) is 26.8 Å². The van der Waals surface area contributed by atoms with Crippen molar-refractivity contribution < 1.29 is 9.47 Å². The Kier molecular flexibility index (Phi) is 5.11. The van der Waals surface area contributed by atoms with Crippen molar-refractivity contribution in [2.24, 2.45) is 0 Å². The fraction of sp³-hybridized carbons (Fsp3) is 0.267. The number of anilines is 3. The third-order valence-corrected chi connectivity index (χ3v) is 2.83. The van der Waals surface area contributed by atoms with Crippen molar-refractivity contribution in [3.05, 3.63) is 35.5 Å². The summed E-state index contributed by atoms with van der Waals surface area (Å²) in [6.45, 7) is 5.00. The maximum atomic E-state index is 5.89. The molecule has 3 N–H and O–H groups in total. The quantitative estimate of drug-likeness (QED) is 0.793. The average Bonchev–Trinajstić information content (AvgIpc) is 2.41. The summed E-state index contributed by atoms with van der Waals surface area (Å²) in [4.78, 5) is 4.17. The molecule has 0 saturated carbocycles. The van der Waals surface area contributed by atoms with Crippen molar-refractivity contribution in [1.29, 1.82) is 0 Å². The lowest BCUT2D eigenvalue weighted by molar-refractivity contribution is 0.288. The zero-order chi connectivity index (χ0) is 15.2. The Hall–Kier alpha value is -2.14. The highest BCUT2D eigenvalue weighted by Gasteiger charge is 2.07. The Morgan fingerprint density at radius 1 is 1.10 bits per heavy atom. The van der Waals surface area contributed by atoms with Gasteiger partial charge in [-0.25, -0.2) is 4.98 Å². The molecule has 112 valence electrons. The number of aromatic nitrogens is 1. The highest BCUT2D eigenvalue weighted by Crippen LogP contribution is 2.32. The minimum Gasteiger partial charge on any atom is -0.490 e. The molecule has 1 aromatic carbocycles. The standard InChI is InChI=1S/C15H18ClN3O2/c1-3-20-12-6-5-11(9-13(12)21-4-2)18-15-8-10(17)7-14(16)19-15/h5-9H,3-4H2,1-2H3,(H3,17,18,19). The van der Waals surface area contributed by atoms with Crippen LogP contribution < -0.4 is 20.5 Å². The molecule has 0 bridgehead atoms. The number of rotatable bonds is 6. The van der Waals surface area contributed by atoms with Crippen molar-refractivity contribution in [1.82, 2.24) is 4.98 Å². The smallest absolute Gasteiger partial charge is 0.163 e. The number of pyridine rings is 1. The number of halogens is 1. The third-order valence-electron chi connectivity index (χ3n) is 2.63. The number of nitrogens with two attached hydrogens (primary N) is 1. The molecule has 0 spiro atoms. The second-order valence-electron chi connectivity index (χ2n) is 4.26. The summed E-state index contributed by atoms with van der Waals surface area (Å²) in [7, 11) is 0. The van der Waals surface area contributed by atoms with Crippen LogP contribution in [0.15, 0.2) is 30.3 Å². The second kappa shape index (κ2) is 7.04. The molecule has 0 unspecified atom stereocenters. The molecule has 0 radical (unpaired) electrons. The van der Waals surface area contributed by atoms with Crippen LogP contribution in [0.3, 0.4) is 0 Å². The zero-order valence-corrected chi connectivity index (χ0v) is 12.8. The van der Waals surface area contributed by atoms with E-state index in [2.05, 4.69) is 10.3 Å². The maximum absolute atomic E-state index is 5.89. The molecule has 2 rings (SSSR count). The minimum absolute atomic E-state index is 0.341. The average molecular weight is 308 g/mol. The van der Waals surface area contributed by atoms with E-state index >= 15 is 0 Å². The number of nitrogen functional groups attached to an aromatic ring is 1. The van der Waals surface area contributed by atoms with Gasteiger partial charge >= 0.3 is 0 Å². The van der Waals surface area contributed by atoms with Gasteiger partial charge in [0.25, 0.3) is 0 Å². The van der Waals surface area contributed by atoms with Crippen LogP contribution in [0.4, 0.5) is 17.2 Å². The lowest BCUT2D eigenvalue weighted by atomic mass is 10.2. The van der Waals surface area contributed by atoms with Crippen LogP contribution >= 0.6 is 11.6 Å². The maximum Gasteiger partial charge on any atom is 0.163 e. The molecule has 6 heteroatoms. The van der Waals surface area contributed by atoms with Crippen LogP contribution in [0.1, 0.15) is 13.8 Å². The molecule has 5 nitrogen and oxygen atoms in total. The van der Waals surface area contributed by atoms with Crippen molar-refractivity contribution >= 4 is 28.8 Å². The summed E-state index contributed by atoms with van der Waals surface area (Å²) in [5, 5.41) is 3.48. The number of nitrogens with one attached hydrogen (secondary N) is 1. The van der Waals surface area contributed by atoms with Crippen LogP contribution in [0.5, 0.6) is 11.5 Å². The van der Waals surface area contributed by atoms with E-state index in [1.165, 1.54) is 0 Å². The lowest BCUT2D eigenvalue weighted by Gasteiger charge is -2.13. The van der Waals surface area contributed by atoms with E-state index < -0.39 is 0 Å². The molecule has 21 heavy (non-hydrogen) atoms. The number of hydrogen-bond donors (Lipinski definition) is 2. The van der Waals surface area contributed by atoms with E-state index in [1.807, 2.05) is 32.0 Å². The zero-order valence-electron chi connectivity index (χ0n) is 12.0. The summed E-state index contributed by atoms with van der Waals surface area (Å²) in [5.74, 6) is 1.97. The summed E-state index contributed by atoms with van der Waals surface area (Å²) >= 11 is 5.89. The monoisotopic (exact) mass is 307 g/mol. The van der Waals surface area contributed by atoms with Gasteiger partial charge in [-0.3, -0.25) is 0 Å². The van der Waals surface area contributed by atoms with E-state index in [0.29, 0.717) is 41.4 Å². The molecule has 0 atom stereocenters. The Morgan fingerprint density at radius 2 is 1.81 bits per heavy atom. The Bertz CT molecular complexity index is 600. The van der Waals surface area contributed by atoms with Gasteiger partial charge in [-0.05, 0) is 32.0 Å². The molecule has 0 amide bonds. The summed E-state index contributed by atoms with van der Waals surface area (Å²) in [6, 6.07) is 8.89. The molecule has 0 aliphatic carbocycles. The first kappa shape index (κ1) is 15.3. The predicted molar refractivity (Wildman–Crippen MR) is 85.7 cm³/mol. The second-order valence-corrected chi connectivity index (χ2v) is 4.65. The molecule has 1 heterocycles. The van der Waals surface area contributed by atoms with Gasteiger partial charge in [0.05, 0.1) is 13.2 Å². The van der Waals surface area contributed by atoms with Crippen molar-refractivity contribution in [2.75, 3.05) is 24.3 Å². The van der Waals surface area contributed by atoms with Crippen LogP contribution in [0, 0.1) is 0 Å². The van der Waals surface area contributed by atoms with Gasteiger partial charge in [0.15, 0.2) is 11.5 Å². The van der Waals surface area contributed by atoms with Gasteiger partial charge in [-0.2, -0.15) is 0 Å².